The number of rotatable bonds is 7. The molecule has 0 aliphatic carbocycles. The highest BCUT2D eigenvalue weighted by atomic mass is 79.9. The molecule has 2 aromatic rings. The van der Waals surface area contributed by atoms with Crippen LogP contribution in [0.3, 0.4) is 0 Å². The molecular formula is C16H22BrN3O. The van der Waals surface area contributed by atoms with Crippen molar-refractivity contribution in [1.29, 1.82) is 0 Å². The molecule has 0 saturated carbocycles. The summed E-state index contributed by atoms with van der Waals surface area (Å²) in [5, 5.41) is 8.01. The van der Waals surface area contributed by atoms with Crippen LogP contribution in [0.2, 0.25) is 0 Å². The van der Waals surface area contributed by atoms with Gasteiger partial charge >= 0.3 is 0 Å². The first kappa shape index (κ1) is 16.0. The number of aryl methyl sites for hydroxylation is 1. The number of hydrogen-bond acceptors (Lipinski definition) is 3. The zero-order valence-corrected chi connectivity index (χ0v) is 14.4. The van der Waals surface area contributed by atoms with Crippen LogP contribution in [0.15, 0.2) is 34.9 Å². The average molecular weight is 352 g/mol. The summed E-state index contributed by atoms with van der Waals surface area (Å²) in [5.41, 5.74) is 2.28. The van der Waals surface area contributed by atoms with Crippen molar-refractivity contribution in [3.05, 3.63) is 46.2 Å². The highest BCUT2D eigenvalue weighted by molar-refractivity contribution is 9.10. The molecule has 1 aromatic carbocycles. The molecule has 114 valence electrons. The first-order chi connectivity index (χ1) is 10.2. The van der Waals surface area contributed by atoms with Crippen molar-refractivity contribution in [2.24, 2.45) is 0 Å². The van der Waals surface area contributed by atoms with Gasteiger partial charge in [0, 0.05) is 11.0 Å². The zero-order valence-electron chi connectivity index (χ0n) is 12.8. The summed E-state index contributed by atoms with van der Waals surface area (Å²) in [5.74, 6) is 0.828. The summed E-state index contributed by atoms with van der Waals surface area (Å²) in [6, 6.07) is 8.41. The standard InChI is InChI=1S/C16H22BrN3O/c1-4-9-20-16(14(21-3)11-19-20)15(18-5-2)12-7-6-8-13(17)10-12/h6-8,10-11,15,18H,4-5,9H2,1-3H3. The second-order valence-electron chi connectivity index (χ2n) is 4.87. The van der Waals surface area contributed by atoms with E-state index in [1.807, 2.05) is 10.7 Å². The predicted octanol–water partition coefficient (Wildman–Crippen LogP) is 3.76. The van der Waals surface area contributed by atoms with Crippen LogP contribution in [-0.2, 0) is 6.54 Å². The average Bonchev–Trinajstić information content (AvgIpc) is 2.88. The van der Waals surface area contributed by atoms with Gasteiger partial charge in [-0.2, -0.15) is 5.10 Å². The lowest BCUT2D eigenvalue weighted by atomic mass is 10.0. The molecular weight excluding hydrogens is 330 g/mol. The minimum Gasteiger partial charge on any atom is -0.493 e. The lowest BCUT2D eigenvalue weighted by Gasteiger charge is -2.21. The largest absolute Gasteiger partial charge is 0.493 e. The van der Waals surface area contributed by atoms with Gasteiger partial charge in [-0.25, -0.2) is 0 Å². The maximum atomic E-state index is 5.52. The Kier molecular flexibility index (Phi) is 5.82. The van der Waals surface area contributed by atoms with Crippen molar-refractivity contribution in [3.8, 4) is 5.75 Å². The summed E-state index contributed by atoms with van der Waals surface area (Å²) in [6.07, 6.45) is 2.84. The number of aromatic nitrogens is 2. The lowest BCUT2D eigenvalue weighted by Crippen LogP contribution is -2.25. The number of ether oxygens (including phenoxy) is 1. The Hall–Kier alpha value is -1.33. The van der Waals surface area contributed by atoms with Crippen LogP contribution in [0.1, 0.15) is 37.6 Å². The third kappa shape index (κ3) is 3.66. The van der Waals surface area contributed by atoms with E-state index in [9.17, 15) is 0 Å². The van der Waals surface area contributed by atoms with Gasteiger partial charge in [-0.15, -0.1) is 0 Å². The second-order valence-corrected chi connectivity index (χ2v) is 5.78. The van der Waals surface area contributed by atoms with Gasteiger partial charge in [-0.3, -0.25) is 4.68 Å². The summed E-state index contributed by atoms with van der Waals surface area (Å²) in [7, 11) is 1.70. The van der Waals surface area contributed by atoms with Crippen molar-refractivity contribution in [2.75, 3.05) is 13.7 Å². The first-order valence-corrected chi connectivity index (χ1v) is 8.09. The van der Waals surface area contributed by atoms with Crippen molar-refractivity contribution >= 4 is 15.9 Å². The lowest BCUT2D eigenvalue weighted by molar-refractivity contribution is 0.398. The van der Waals surface area contributed by atoms with E-state index in [0.29, 0.717) is 0 Å². The zero-order chi connectivity index (χ0) is 15.2. The summed E-state index contributed by atoms with van der Waals surface area (Å²) in [4.78, 5) is 0. The molecule has 1 unspecified atom stereocenters. The minimum atomic E-state index is 0.0662. The van der Waals surface area contributed by atoms with E-state index >= 15 is 0 Å². The normalized spacial score (nSPS) is 12.4. The topological polar surface area (TPSA) is 39.1 Å². The van der Waals surface area contributed by atoms with Crippen LogP contribution in [0.5, 0.6) is 5.75 Å². The number of nitrogens with zero attached hydrogens (tertiary/aromatic N) is 2. The Labute approximate surface area is 134 Å². The molecule has 0 aliphatic heterocycles. The van der Waals surface area contributed by atoms with Gasteiger partial charge < -0.3 is 10.1 Å². The van der Waals surface area contributed by atoms with Gasteiger partial charge in [0.1, 0.15) is 5.69 Å². The Morgan fingerprint density at radius 1 is 1.38 bits per heavy atom. The molecule has 1 atom stereocenters. The summed E-state index contributed by atoms with van der Waals surface area (Å²) < 4.78 is 8.62. The third-order valence-electron chi connectivity index (χ3n) is 3.36. The van der Waals surface area contributed by atoms with E-state index in [4.69, 9.17) is 4.74 Å². The van der Waals surface area contributed by atoms with Crippen LogP contribution < -0.4 is 10.1 Å². The molecule has 5 heteroatoms. The molecule has 1 aromatic heterocycles. The van der Waals surface area contributed by atoms with Crippen LogP contribution in [0, 0.1) is 0 Å². The molecule has 4 nitrogen and oxygen atoms in total. The third-order valence-corrected chi connectivity index (χ3v) is 3.86. The molecule has 0 aliphatic rings. The van der Waals surface area contributed by atoms with Gasteiger partial charge in [0.05, 0.1) is 19.3 Å². The number of hydrogen-bond donors (Lipinski definition) is 1. The van der Waals surface area contributed by atoms with Gasteiger partial charge in [-0.1, -0.05) is 41.9 Å². The quantitative estimate of drug-likeness (QED) is 0.825. The van der Waals surface area contributed by atoms with Crippen molar-refractivity contribution in [2.45, 2.75) is 32.9 Å². The number of methoxy groups -OCH3 is 1. The maximum absolute atomic E-state index is 5.52. The molecule has 0 amide bonds. The molecule has 0 saturated heterocycles. The summed E-state index contributed by atoms with van der Waals surface area (Å²) >= 11 is 3.55. The minimum absolute atomic E-state index is 0.0662. The van der Waals surface area contributed by atoms with E-state index in [0.717, 1.165) is 35.4 Å². The molecule has 21 heavy (non-hydrogen) atoms. The predicted molar refractivity (Wildman–Crippen MR) is 88.7 cm³/mol. The van der Waals surface area contributed by atoms with Crippen molar-refractivity contribution in [3.63, 3.8) is 0 Å². The Balaban J connectivity index is 2.49. The second kappa shape index (κ2) is 7.61. The number of benzene rings is 1. The number of nitrogens with one attached hydrogen (secondary N) is 1. The van der Waals surface area contributed by atoms with E-state index < -0.39 is 0 Å². The van der Waals surface area contributed by atoms with Crippen LogP contribution in [0.25, 0.3) is 0 Å². The van der Waals surface area contributed by atoms with Crippen LogP contribution in [-0.4, -0.2) is 23.4 Å². The maximum Gasteiger partial charge on any atom is 0.161 e. The van der Waals surface area contributed by atoms with E-state index in [1.165, 1.54) is 5.56 Å². The van der Waals surface area contributed by atoms with Crippen LogP contribution >= 0.6 is 15.9 Å². The SMILES string of the molecule is CCCn1ncc(OC)c1C(NCC)c1cccc(Br)c1. The van der Waals surface area contributed by atoms with Gasteiger partial charge in [0.25, 0.3) is 0 Å². The van der Waals surface area contributed by atoms with Gasteiger partial charge in [-0.05, 0) is 30.7 Å². The molecule has 0 spiro atoms. The number of halogens is 1. The molecule has 0 bridgehead atoms. The molecule has 2 rings (SSSR count). The Morgan fingerprint density at radius 3 is 2.81 bits per heavy atom. The smallest absolute Gasteiger partial charge is 0.161 e. The van der Waals surface area contributed by atoms with Crippen LogP contribution in [0.4, 0.5) is 0 Å². The Morgan fingerprint density at radius 2 is 2.19 bits per heavy atom. The monoisotopic (exact) mass is 351 g/mol. The van der Waals surface area contributed by atoms with Crippen molar-refractivity contribution in [1.82, 2.24) is 15.1 Å². The van der Waals surface area contributed by atoms with Gasteiger partial charge in [0.15, 0.2) is 5.75 Å². The van der Waals surface area contributed by atoms with E-state index in [-0.39, 0.29) is 6.04 Å². The van der Waals surface area contributed by atoms with E-state index in [1.54, 1.807) is 13.3 Å². The Bertz CT molecular complexity index is 583. The summed E-state index contributed by atoms with van der Waals surface area (Å²) in [6.45, 7) is 6.02. The fourth-order valence-electron chi connectivity index (χ4n) is 2.48. The molecule has 0 fully saturated rings. The highest BCUT2D eigenvalue weighted by Crippen LogP contribution is 2.31. The molecule has 1 heterocycles. The fourth-order valence-corrected chi connectivity index (χ4v) is 2.90. The van der Waals surface area contributed by atoms with Gasteiger partial charge in [0.2, 0.25) is 0 Å². The molecule has 1 N–H and O–H groups in total. The van der Waals surface area contributed by atoms with E-state index in [2.05, 4.69) is 58.4 Å². The fraction of sp³-hybridized carbons (Fsp3) is 0.438. The highest BCUT2D eigenvalue weighted by Gasteiger charge is 2.22. The first-order valence-electron chi connectivity index (χ1n) is 7.29. The molecule has 0 radical (unpaired) electrons. The van der Waals surface area contributed by atoms with Crippen molar-refractivity contribution < 1.29 is 4.74 Å².